The topological polar surface area (TPSA) is 36.9 Å². The summed E-state index contributed by atoms with van der Waals surface area (Å²) in [6, 6.07) is 10.1. The molecule has 0 amide bonds. The lowest BCUT2D eigenvalue weighted by Gasteiger charge is -2.06. The molecule has 1 rings (SSSR count). The first-order chi connectivity index (χ1) is 9.84. The van der Waals surface area contributed by atoms with Crippen LogP contribution in [0.2, 0.25) is 0 Å². The number of allylic oxidation sites excluding steroid dienone is 1. The summed E-state index contributed by atoms with van der Waals surface area (Å²) in [5.74, 6) is 0. The van der Waals surface area contributed by atoms with Gasteiger partial charge >= 0.3 is 0 Å². The monoisotopic (exact) mass is 280 g/mol. The number of ether oxygens (including phenoxy) is 4. The number of hydrogen-bond acceptors (Lipinski definition) is 4. The van der Waals surface area contributed by atoms with Crippen LogP contribution in [-0.2, 0) is 18.9 Å². The molecule has 0 aliphatic rings. The quantitative estimate of drug-likeness (QED) is 0.461. The van der Waals surface area contributed by atoms with Crippen LogP contribution >= 0.6 is 0 Å². The summed E-state index contributed by atoms with van der Waals surface area (Å²) in [6.07, 6.45) is 1.77. The minimum Gasteiger partial charge on any atom is -0.498 e. The van der Waals surface area contributed by atoms with Crippen molar-refractivity contribution in [2.75, 3.05) is 46.8 Å². The Morgan fingerprint density at radius 3 is 2.15 bits per heavy atom. The molecule has 0 N–H and O–H groups in total. The summed E-state index contributed by atoms with van der Waals surface area (Å²) in [5, 5.41) is 0. The molecule has 1 aromatic carbocycles. The highest BCUT2D eigenvalue weighted by molar-refractivity contribution is 5.62. The zero-order chi connectivity index (χ0) is 14.5. The van der Waals surface area contributed by atoms with E-state index in [-0.39, 0.29) is 0 Å². The van der Waals surface area contributed by atoms with Crippen molar-refractivity contribution in [1.29, 1.82) is 0 Å². The van der Waals surface area contributed by atoms with E-state index >= 15 is 0 Å². The summed E-state index contributed by atoms with van der Waals surface area (Å²) in [5.41, 5.74) is 2.27. The Kier molecular flexibility index (Phi) is 9.57. The van der Waals surface area contributed by atoms with Crippen molar-refractivity contribution < 1.29 is 18.9 Å². The summed E-state index contributed by atoms with van der Waals surface area (Å²) in [4.78, 5) is 0. The third-order valence-corrected chi connectivity index (χ3v) is 2.64. The summed E-state index contributed by atoms with van der Waals surface area (Å²) in [7, 11) is 1.65. The predicted octanol–water partition coefficient (Wildman–Crippen LogP) is 2.74. The first-order valence-corrected chi connectivity index (χ1v) is 6.83. The van der Waals surface area contributed by atoms with Crippen LogP contribution in [0.25, 0.3) is 5.57 Å². The number of methoxy groups -OCH3 is 1. The third-order valence-electron chi connectivity index (χ3n) is 2.64. The Hall–Kier alpha value is -1.36. The zero-order valence-electron chi connectivity index (χ0n) is 12.3. The predicted molar refractivity (Wildman–Crippen MR) is 79.6 cm³/mol. The van der Waals surface area contributed by atoms with Gasteiger partial charge in [0.05, 0.1) is 39.3 Å². The molecule has 0 aromatic heterocycles. The van der Waals surface area contributed by atoms with Crippen LogP contribution in [0.4, 0.5) is 0 Å². The van der Waals surface area contributed by atoms with Crippen molar-refractivity contribution >= 4 is 5.57 Å². The van der Waals surface area contributed by atoms with Gasteiger partial charge in [0, 0.05) is 7.11 Å². The van der Waals surface area contributed by atoms with E-state index in [1.807, 2.05) is 25.1 Å². The van der Waals surface area contributed by atoms with Gasteiger partial charge in [0.1, 0.15) is 6.61 Å². The van der Waals surface area contributed by atoms with Gasteiger partial charge in [-0.15, -0.1) is 0 Å². The van der Waals surface area contributed by atoms with E-state index in [0.717, 1.165) is 5.57 Å². The minimum atomic E-state index is 0.544. The van der Waals surface area contributed by atoms with Gasteiger partial charge in [-0.1, -0.05) is 30.3 Å². The number of rotatable bonds is 11. The van der Waals surface area contributed by atoms with Gasteiger partial charge in [-0.05, 0) is 18.1 Å². The van der Waals surface area contributed by atoms with Crippen molar-refractivity contribution in [3.8, 4) is 0 Å². The molecule has 0 heterocycles. The molecular formula is C16H24O4. The van der Waals surface area contributed by atoms with Crippen molar-refractivity contribution in [3.63, 3.8) is 0 Å². The van der Waals surface area contributed by atoms with Crippen molar-refractivity contribution in [1.82, 2.24) is 0 Å². The second kappa shape index (κ2) is 11.5. The molecular weight excluding hydrogens is 256 g/mol. The minimum absolute atomic E-state index is 0.544. The van der Waals surface area contributed by atoms with Gasteiger partial charge in [0.25, 0.3) is 0 Å². The van der Waals surface area contributed by atoms with E-state index in [2.05, 4.69) is 12.1 Å². The van der Waals surface area contributed by atoms with Gasteiger partial charge in [0.2, 0.25) is 0 Å². The van der Waals surface area contributed by atoms with E-state index in [4.69, 9.17) is 18.9 Å². The zero-order valence-corrected chi connectivity index (χ0v) is 12.3. The van der Waals surface area contributed by atoms with Gasteiger partial charge < -0.3 is 18.9 Å². The molecule has 0 unspecified atom stereocenters. The van der Waals surface area contributed by atoms with Crippen LogP contribution in [0.3, 0.4) is 0 Å². The Morgan fingerprint density at radius 1 is 0.900 bits per heavy atom. The van der Waals surface area contributed by atoms with Crippen LogP contribution in [0.5, 0.6) is 0 Å². The van der Waals surface area contributed by atoms with E-state index in [9.17, 15) is 0 Å². The Balaban J connectivity index is 1.99. The standard InChI is InChI=1S/C16H24O4/c1-15(16-6-4-3-5-7-16)14-20-13-12-19-11-10-18-9-8-17-2/h3-7,14H,8-13H2,1-2H3/b15-14+. The second-order valence-corrected chi connectivity index (χ2v) is 4.26. The summed E-state index contributed by atoms with van der Waals surface area (Å²) in [6.45, 7) is 5.52. The third kappa shape index (κ3) is 7.94. The molecule has 0 saturated heterocycles. The van der Waals surface area contributed by atoms with E-state index in [0.29, 0.717) is 39.6 Å². The molecule has 20 heavy (non-hydrogen) atoms. The molecule has 0 fully saturated rings. The maximum Gasteiger partial charge on any atom is 0.111 e. The van der Waals surface area contributed by atoms with Crippen LogP contribution in [0.15, 0.2) is 36.6 Å². The molecule has 0 spiro atoms. The molecule has 1 aromatic rings. The first-order valence-electron chi connectivity index (χ1n) is 6.83. The van der Waals surface area contributed by atoms with Gasteiger partial charge in [-0.2, -0.15) is 0 Å². The maximum atomic E-state index is 5.45. The summed E-state index contributed by atoms with van der Waals surface area (Å²) >= 11 is 0. The summed E-state index contributed by atoms with van der Waals surface area (Å²) < 4.78 is 21.0. The van der Waals surface area contributed by atoms with Crippen LogP contribution in [0, 0.1) is 0 Å². The molecule has 0 aliphatic carbocycles. The SMILES string of the molecule is COCCOCCOCCO/C=C(\C)c1ccccc1. The Bertz CT molecular complexity index is 362. The number of hydrogen-bond donors (Lipinski definition) is 0. The van der Waals surface area contributed by atoms with E-state index < -0.39 is 0 Å². The first kappa shape index (κ1) is 16.7. The lowest BCUT2D eigenvalue weighted by molar-refractivity contribution is 0.0144. The van der Waals surface area contributed by atoms with Crippen LogP contribution < -0.4 is 0 Å². The average Bonchev–Trinajstić information content (AvgIpc) is 2.50. The highest BCUT2D eigenvalue weighted by atomic mass is 16.5. The van der Waals surface area contributed by atoms with Crippen molar-refractivity contribution in [3.05, 3.63) is 42.2 Å². The highest BCUT2D eigenvalue weighted by Crippen LogP contribution is 2.12. The molecule has 4 nitrogen and oxygen atoms in total. The van der Waals surface area contributed by atoms with Crippen LogP contribution in [-0.4, -0.2) is 46.8 Å². The molecule has 4 heteroatoms. The molecule has 0 radical (unpaired) electrons. The highest BCUT2D eigenvalue weighted by Gasteiger charge is 1.94. The lowest BCUT2D eigenvalue weighted by Crippen LogP contribution is -2.10. The fourth-order valence-electron chi connectivity index (χ4n) is 1.52. The van der Waals surface area contributed by atoms with Crippen LogP contribution in [0.1, 0.15) is 12.5 Å². The van der Waals surface area contributed by atoms with E-state index in [1.165, 1.54) is 5.56 Å². The molecule has 0 aliphatic heterocycles. The molecule has 112 valence electrons. The van der Waals surface area contributed by atoms with Crippen molar-refractivity contribution in [2.24, 2.45) is 0 Å². The Labute approximate surface area is 121 Å². The van der Waals surface area contributed by atoms with E-state index in [1.54, 1.807) is 13.4 Å². The van der Waals surface area contributed by atoms with Crippen molar-refractivity contribution in [2.45, 2.75) is 6.92 Å². The smallest absolute Gasteiger partial charge is 0.111 e. The number of benzene rings is 1. The fourth-order valence-corrected chi connectivity index (χ4v) is 1.52. The molecule has 0 bridgehead atoms. The lowest BCUT2D eigenvalue weighted by atomic mass is 10.1. The second-order valence-electron chi connectivity index (χ2n) is 4.26. The largest absolute Gasteiger partial charge is 0.498 e. The molecule has 0 saturated carbocycles. The van der Waals surface area contributed by atoms with Gasteiger partial charge in [-0.3, -0.25) is 0 Å². The average molecular weight is 280 g/mol. The van der Waals surface area contributed by atoms with Gasteiger partial charge in [-0.25, -0.2) is 0 Å². The van der Waals surface area contributed by atoms with Gasteiger partial charge in [0.15, 0.2) is 0 Å². The Morgan fingerprint density at radius 2 is 1.50 bits per heavy atom. The maximum absolute atomic E-state index is 5.45. The fraction of sp³-hybridized carbons (Fsp3) is 0.500. The molecule has 0 atom stereocenters. The normalized spacial score (nSPS) is 11.6.